The molecule has 0 aromatic carbocycles. The largest absolute Gasteiger partial charge is 0.264 e. The minimum Gasteiger partial charge on any atom is -0.264 e. The Morgan fingerprint density at radius 1 is 1.83 bits per heavy atom. The van der Waals surface area contributed by atoms with E-state index in [0.717, 1.165) is 0 Å². The van der Waals surface area contributed by atoms with Gasteiger partial charge < -0.3 is 0 Å². The van der Waals surface area contributed by atoms with E-state index in [2.05, 4.69) is 5.29 Å². The maximum atomic E-state index is 9.41. The van der Waals surface area contributed by atoms with Crippen LogP contribution >= 0.6 is 0 Å². The van der Waals surface area contributed by atoms with Crippen LogP contribution in [0.2, 0.25) is 0 Å². The Balaban J connectivity index is 2.96. The maximum absolute atomic E-state index is 9.41. The molecule has 3 nitrogen and oxygen atoms in total. The van der Waals surface area contributed by atoms with Gasteiger partial charge in [-0.1, -0.05) is 0 Å². The van der Waals surface area contributed by atoms with Gasteiger partial charge in [0.1, 0.15) is 0 Å². The van der Waals surface area contributed by atoms with Crippen molar-refractivity contribution in [3.8, 4) is 0 Å². The zero-order valence-corrected chi connectivity index (χ0v) is 4.01. The standard InChI is InChI=1S/C3H8N2O/c1-3-5(2)4-6/h3H2,1-2H3/i1+1,2+1,3+1. The summed E-state index contributed by atoms with van der Waals surface area (Å²) in [5.41, 5.74) is 0. The number of hydrogen-bond donors (Lipinski definition) is 0. The quantitative estimate of drug-likeness (QED) is 0.283. The number of rotatable bonds is 2. The molecule has 36 valence electrons. The Bertz CT molecular complexity index is 46.1. The van der Waals surface area contributed by atoms with Gasteiger partial charge in [-0.25, -0.2) is 0 Å². The highest BCUT2D eigenvalue weighted by atomic mass is 16.3. The molecule has 0 aromatic heterocycles. The molecule has 6 heavy (non-hydrogen) atoms. The summed E-state index contributed by atoms with van der Waals surface area (Å²) in [7, 11) is 1.63. The van der Waals surface area contributed by atoms with Crippen LogP contribution in [-0.2, 0) is 0 Å². The Morgan fingerprint density at radius 2 is 2.33 bits per heavy atom. The minimum atomic E-state index is 0.684. The predicted molar refractivity (Wildman–Crippen MR) is 24.1 cm³/mol. The van der Waals surface area contributed by atoms with Crippen LogP contribution in [-0.4, -0.2) is 18.6 Å². The monoisotopic (exact) mass is 91.1 g/mol. The minimum absolute atomic E-state index is 0.684. The van der Waals surface area contributed by atoms with Crippen LogP contribution in [0.4, 0.5) is 0 Å². The molecular weight excluding hydrogens is 83.0 g/mol. The third-order valence-electron chi connectivity index (χ3n) is 0.597. The van der Waals surface area contributed by atoms with E-state index in [1.165, 1.54) is 5.01 Å². The van der Waals surface area contributed by atoms with Crippen molar-refractivity contribution in [2.45, 2.75) is 6.92 Å². The van der Waals surface area contributed by atoms with Crippen LogP contribution < -0.4 is 0 Å². The Labute approximate surface area is 36.9 Å². The van der Waals surface area contributed by atoms with Crippen LogP contribution in [0.3, 0.4) is 0 Å². The van der Waals surface area contributed by atoms with Crippen molar-refractivity contribution in [3.05, 3.63) is 4.91 Å². The molecular formula is C3H8N2O. The van der Waals surface area contributed by atoms with Gasteiger partial charge in [0.25, 0.3) is 0 Å². The molecule has 0 radical (unpaired) electrons. The van der Waals surface area contributed by atoms with Crippen molar-refractivity contribution < 1.29 is 0 Å². The number of nitrogens with zero attached hydrogens (tertiary/aromatic N) is 2. The van der Waals surface area contributed by atoms with Crippen LogP contribution in [0.15, 0.2) is 5.29 Å². The van der Waals surface area contributed by atoms with Crippen LogP contribution in [0.5, 0.6) is 0 Å². The first kappa shape index (κ1) is 5.40. The van der Waals surface area contributed by atoms with E-state index in [4.69, 9.17) is 0 Å². The highest BCUT2D eigenvalue weighted by Crippen LogP contribution is 1.74. The zero-order valence-electron chi connectivity index (χ0n) is 4.01. The molecule has 3 heteroatoms. The number of hydrogen-bond acceptors (Lipinski definition) is 2. The van der Waals surface area contributed by atoms with E-state index < -0.39 is 0 Å². The molecule has 0 atom stereocenters. The van der Waals surface area contributed by atoms with E-state index in [-0.39, 0.29) is 0 Å². The topological polar surface area (TPSA) is 32.7 Å². The third-order valence-corrected chi connectivity index (χ3v) is 0.597. The summed E-state index contributed by atoms with van der Waals surface area (Å²) in [6.45, 7) is 2.55. The second-order valence-corrected chi connectivity index (χ2v) is 1.06. The fourth-order valence-electron chi connectivity index (χ4n) is 0.0577. The maximum Gasteiger partial charge on any atom is 0.0521 e. The molecule has 0 aromatic rings. The Morgan fingerprint density at radius 3 is 2.33 bits per heavy atom. The fourth-order valence-corrected chi connectivity index (χ4v) is 0.0577. The Kier molecular flexibility index (Phi) is 2.36. The SMILES string of the molecule is [13CH3][13CH2]N([13CH3])N=O. The second-order valence-electron chi connectivity index (χ2n) is 1.06. The first-order valence-corrected chi connectivity index (χ1v) is 1.85. The lowest BCUT2D eigenvalue weighted by Gasteiger charge is -1.99. The third kappa shape index (κ3) is 1.69. The van der Waals surface area contributed by atoms with Gasteiger partial charge in [0.05, 0.1) is 5.29 Å². The van der Waals surface area contributed by atoms with Crippen molar-refractivity contribution in [1.29, 1.82) is 0 Å². The van der Waals surface area contributed by atoms with Gasteiger partial charge in [0, 0.05) is 13.6 Å². The molecule has 0 spiro atoms. The van der Waals surface area contributed by atoms with E-state index in [1.807, 2.05) is 6.92 Å². The van der Waals surface area contributed by atoms with Gasteiger partial charge >= 0.3 is 0 Å². The lowest BCUT2D eigenvalue weighted by molar-refractivity contribution is 0.370. The first-order chi connectivity index (χ1) is 2.81. The smallest absolute Gasteiger partial charge is 0.0521 e. The van der Waals surface area contributed by atoms with Gasteiger partial charge in [-0.2, -0.15) is 0 Å². The second kappa shape index (κ2) is 2.63. The van der Waals surface area contributed by atoms with Gasteiger partial charge in [-0.3, -0.25) is 5.01 Å². The normalized spacial score (nSPS) is 7.67. The number of nitroso groups, excluding NO2 is 1. The lowest BCUT2D eigenvalue weighted by Crippen LogP contribution is -2.06. The van der Waals surface area contributed by atoms with Gasteiger partial charge in [0.15, 0.2) is 0 Å². The summed E-state index contributed by atoms with van der Waals surface area (Å²) in [6.07, 6.45) is 0. The summed E-state index contributed by atoms with van der Waals surface area (Å²) in [6, 6.07) is 0. The average molecular weight is 91.1 g/mol. The lowest BCUT2D eigenvalue weighted by atomic mass is 11.6. The van der Waals surface area contributed by atoms with E-state index >= 15 is 0 Å². The van der Waals surface area contributed by atoms with Crippen LogP contribution in [0, 0.1) is 4.91 Å². The molecule has 0 bridgehead atoms. The summed E-state index contributed by atoms with van der Waals surface area (Å²) in [5.74, 6) is 0. The highest BCUT2D eigenvalue weighted by molar-refractivity contribution is 4.29. The van der Waals surface area contributed by atoms with Crippen molar-refractivity contribution in [3.63, 3.8) is 0 Å². The van der Waals surface area contributed by atoms with Crippen LogP contribution in [0.1, 0.15) is 6.92 Å². The summed E-state index contributed by atoms with van der Waals surface area (Å²) in [5, 5.41) is 3.91. The average Bonchev–Trinajstić information content (AvgIpc) is 1.65. The summed E-state index contributed by atoms with van der Waals surface area (Å²) in [4.78, 5) is 9.41. The summed E-state index contributed by atoms with van der Waals surface area (Å²) >= 11 is 0. The predicted octanol–water partition coefficient (Wildman–Crippen LogP) is 0.619. The molecule has 0 amide bonds. The van der Waals surface area contributed by atoms with Crippen molar-refractivity contribution in [2.24, 2.45) is 5.29 Å². The van der Waals surface area contributed by atoms with E-state index in [1.54, 1.807) is 7.05 Å². The van der Waals surface area contributed by atoms with Gasteiger partial charge in [0.2, 0.25) is 0 Å². The molecule has 0 N–H and O–H groups in total. The van der Waals surface area contributed by atoms with Crippen molar-refractivity contribution in [2.75, 3.05) is 13.6 Å². The summed E-state index contributed by atoms with van der Waals surface area (Å²) < 4.78 is 0. The van der Waals surface area contributed by atoms with Gasteiger partial charge in [-0.05, 0) is 6.92 Å². The molecule has 0 aliphatic heterocycles. The molecule has 0 saturated heterocycles. The molecule has 0 fully saturated rings. The van der Waals surface area contributed by atoms with Crippen molar-refractivity contribution >= 4 is 0 Å². The molecule has 0 aliphatic carbocycles. The molecule has 0 saturated carbocycles. The van der Waals surface area contributed by atoms with Gasteiger partial charge in [-0.15, -0.1) is 4.91 Å². The molecule has 0 heterocycles. The van der Waals surface area contributed by atoms with E-state index in [9.17, 15) is 4.91 Å². The zero-order chi connectivity index (χ0) is 4.99. The highest BCUT2D eigenvalue weighted by Gasteiger charge is 1.80. The molecule has 0 rings (SSSR count). The Hall–Kier alpha value is -0.600. The van der Waals surface area contributed by atoms with Crippen LogP contribution in [0.25, 0.3) is 0 Å². The molecule has 0 unspecified atom stereocenters. The molecule has 0 aliphatic rings. The van der Waals surface area contributed by atoms with Crippen molar-refractivity contribution in [1.82, 2.24) is 5.01 Å². The first-order valence-electron chi connectivity index (χ1n) is 1.85. The fraction of sp³-hybridized carbons (Fsp3) is 1.00. The van der Waals surface area contributed by atoms with E-state index in [0.29, 0.717) is 6.54 Å².